The molecule has 122 valence electrons. The number of hydrogen-bond acceptors (Lipinski definition) is 6. The zero-order chi connectivity index (χ0) is 16.3. The quantitative estimate of drug-likeness (QED) is 0.511. The van der Waals surface area contributed by atoms with E-state index in [1.165, 1.54) is 11.8 Å². The van der Waals surface area contributed by atoms with Crippen LogP contribution in [-0.2, 0) is 21.2 Å². The van der Waals surface area contributed by atoms with E-state index >= 15 is 0 Å². The molecule has 2 aromatic rings. The standard InChI is InChI=1S/C13H15N5O3S2/c19-13(14-5-6-22-12-8-15-18-16-12)10-7-9-3-1-2-4-11(9)23(20,21)17-10/h1-4,8,10,17H,5-7H2,(H,14,19)(H,15,16,18)/t10-/m0/s1. The number of aromatic amines is 1. The number of rotatable bonds is 5. The molecule has 0 saturated carbocycles. The summed E-state index contributed by atoms with van der Waals surface area (Å²) in [6.07, 6.45) is 1.94. The van der Waals surface area contributed by atoms with Crippen LogP contribution in [0.1, 0.15) is 5.56 Å². The smallest absolute Gasteiger partial charge is 0.241 e. The van der Waals surface area contributed by atoms with Crippen LogP contribution in [0.3, 0.4) is 0 Å². The predicted octanol–water partition coefficient (Wildman–Crippen LogP) is -0.0838. The Kier molecular flexibility index (Phi) is 4.64. The van der Waals surface area contributed by atoms with Crippen LogP contribution in [0.5, 0.6) is 0 Å². The van der Waals surface area contributed by atoms with E-state index < -0.39 is 16.1 Å². The van der Waals surface area contributed by atoms with Gasteiger partial charge in [-0.3, -0.25) is 4.79 Å². The monoisotopic (exact) mass is 353 g/mol. The van der Waals surface area contributed by atoms with Crippen molar-refractivity contribution < 1.29 is 13.2 Å². The molecule has 0 unspecified atom stereocenters. The number of carbonyl (C=O) groups excluding carboxylic acids is 1. The van der Waals surface area contributed by atoms with Gasteiger partial charge < -0.3 is 5.32 Å². The first-order valence-electron chi connectivity index (χ1n) is 6.93. The number of amides is 1. The lowest BCUT2D eigenvalue weighted by molar-refractivity contribution is -0.122. The Bertz CT molecular complexity index is 792. The highest BCUT2D eigenvalue weighted by molar-refractivity contribution is 7.99. The zero-order valence-corrected chi connectivity index (χ0v) is 13.7. The number of fused-ring (bicyclic) bond motifs is 1. The summed E-state index contributed by atoms with van der Waals surface area (Å²) < 4.78 is 26.7. The summed E-state index contributed by atoms with van der Waals surface area (Å²) in [5, 5.41) is 13.6. The molecule has 3 rings (SSSR count). The molecule has 0 radical (unpaired) electrons. The highest BCUT2D eigenvalue weighted by Gasteiger charge is 2.32. The Balaban J connectivity index is 1.56. The molecule has 23 heavy (non-hydrogen) atoms. The average Bonchev–Trinajstić information content (AvgIpc) is 3.04. The van der Waals surface area contributed by atoms with E-state index in [0.717, 1.165) is 5.03 Å². The minimum atomic E-state index is -3.64. The van der Waals surface area contributed by atoms with Crippen LogP contribution in [0.25, 0.3) is 0 Å². The molecule has 1 atom stereocenters. The molecule has 8 nitrogen and oxygen atoms in total. The van der Waals surface area contributed by atoms with Crippen LogP contribution < -0.4 is 10.0 Å². The van der Waals surface area contributed by atoms with Crippen molar-refractivity contribution in [2.45, 2.75) is 22.4 Å². The third kappa shape index (κ3) is 3.71. The van der Waals surface area contributed by atoms with Crippen molar-refractivity contribution in [2.75, 3.05) is 12.3 Å². The fourth-order valence-electron chi connectivity index (χ4n) is 2.31. The lowest BCUT2D eigenvalue weighted by Crippen LogP contribution is -2.50. The minimum Gasteiger partial charge on any atom is -0.354 e. The van der Waals surface area contributed by atoms with Gasteiger partial charge in [0.15, 0.2) is 0 Å². The SMILES string of the molecule is O=C(NCCSc1cn[nH]n1)[C@@H]1Cc2ccccc2S(=O)(=O)N1. The lowest BCUT2D eigenvalue weighted by Gasteiger charge is -2.25. The largest absolute Gasteiger partial charge is 0.354 e. The van der Waals surface area contributed by atoms with Crippen LogP contribution in [0.2, 0.25) is 0 Å². The maximum Gasteiger partial charge on any atom is 0.241 e. The second-order valence-electron chi connectivity index (χ2n) is 4.93. The molecular formula is C13H15N5O3S2. The van der Waals surface area contributed by atoms with E-state index in [9.17, 15) is 13.2 Å². The number of benzene rings is 1. The molecule has 0 saturated heterocycles. The maximum atomic E-state index is 12.2. The molecule has 0 spiro atoms. The topological polar surface area (TPSA) is 117 Å². The summed E-state index contributed by atoms with van der Waals surface area (Å²) >= 11 is 1.45. The van der Waals surface area contributed by atoms with E-state index in [4.69, 9.17) is 0 Å². The van der Waals surface area contributed by atoms with Crippen LogP contribution in [0, 0.1) is 0 Å². The molecule has 1 amide bonds. The molecule has 2 heterocycles. The first-order chi connectivity index (χ1) is 11.1. The number of aromatic nitrogens is 3. The Labute approximate surface area is 137 Å². The van der Waals surface area contributed by atoms with Gasteiger partial charge in [-0.2, -0.15) is 15.0 Å². The highest BCUT2D eigenvalue weighted by Crippen LogP contribution is 2.22. The molecule has 1 aliphatic heterocycles. The van der Waals surface area contributed by atoms with Crippen molar-refractivity contribution in [2.24, 2.45) is 0 Å². The molecule has 3 N–H and O–H groups in total. The fraction of sp³-hybridized carbons (Fsp3) is 0.308. The first-order valence-corrected chi connectivity index (χ1v) is 9.40. The Hall–Kier alpha value is -1.91. The van der Waals surface area contributed by atoms with E-state index in [1.807, 2.05) is 0 Å². The molecule has 1 aromatic heterocycles. The molecule has 0 fully saturated rings. The summed E-state index contributed by atoms with van der Waals surface area (Å²) in [4.78, 5) is 12.4. The van der Waals surface area contributed by atoms with Crippen molar-refractivity contribution in [1.29, 1.82) is 0 Å². The van der Waals surface area contributed by atoms with Gasteiger partial charge in [-0.25, -0.2) is 8.42 Å². The Morgan fingerprint density at radius 3 is 3.00 bits per heavy atom. The van der Waals surface area contributed by atoms with Crippen LogP contribution >= 0.6 is 11.8 Å². The minimum absolute atomic E-state index is 0.241. The van der Waals surface area contributed by atoms with E-state index in [0.29, 0.717) is 24.3 Å². The normalized spacial score (nSPS) is 19.0. The van der Waals surface area contributed by atoms with Crippen LogP contribution in [0.15, 0.2) is 40.4 Å². The van der Waals surface area contributed by atoms with Gasteiger partial charge in [-0.05, 0) is 18.1 Å². The van der Waals surface area contributed by atoms with Gasteiger partial charge in [0, 0.05) is 12.3 Å². The van der Waals surface area contributed by atoms with Crippen LogP contribution in [0.4, 0.5) is 0 Å². The molecule has 1 aromatic carbocycles. The number of carbonyl (C=O) groups is 1. The first kappa shape index (κ1) is 16.0. The number of hydrogen-bond donors (Lipinski definition) is 3. The van der Waals surface area contributed by atoms with Crippen molar-refractivity contribution in [3.8, 4) is 0 Å². The average molecular weight is 353 g/mol. The number of thioether (sulfide) groups is 1. The molecular weight excluding hydrogens is 338 g/mol. The van der Waals surface area contributed by atoms with Gasteiger partial charge >= 0.3 is 0 Å². The maximum absolute atomic E-state index is 12.2. The Morgan fingerprint density at radius 2 is 2.22 bits per heavy atom. The number of nitrogens with zero attached hydrogens (tertiary/aromatic N) is 2. The van der Waals surface area contributed by atoms with Crippen molar-refractivity contribution in [1.82, 2.24) is 25.4 Å². The third-order valence-electron chi connectivity index (χ3n) is 3.34. The van der Waals surface area contributed by atoms with Crippen molar-refractivity contribution >= 4 is 27.7 Å². The van der Waals surface area contributed by atoms with Crippen molar-refractivity contribution in [3.63, 3.8) is 0 Å². The molecule has 1 aliphatic rings. The van der Waals surface area contributed by atoms with E-state index in [2.05, 4.69) is 25.4 Å². The van der Waals surface area contributed by atoms with Gasteiger partial charge in [-0.1, -0.05) is 18.2 Å². The van der Waals surface area contributed by atoms with Gasteiger partial charge in [-0.15, -0.1) is 16.9 Å². The summed E-state index contributed by atoms with van der Waals surface area (Å²) in [6.45, 7) is 0.413. The Morgan fingerprint density at radius 1 is 1.39 bits per heavy atom. The van der Waals surface area contributed by atoms with Gasteiger partial charge in [0.1, 0.15) is 11.1 Å². The molecule has 0 bridgehead atoms. The number of sulfonamides is 1. The second kappa shape index (κ2) is 6.69. The predicted molar refractivity (Wildman–Crippen MR) is 84.4 cm³/mol. The van der Waals surface area contributed by atoms with E-state index in [1.54, 1.807) is 30.5 Å². The highest BCUT2D eigenvalue weighted by atomic mass is 32.2. The van der Waals surface area contributed by atoms with Gasteiger partial charge in [0.05, 0.1) is 11.1 Å². The number of H-pyrrole nitrogens is 1. The number of nitrogens with one attached hydrogen (secondary N) is 3. The third-order valence-corrected chi connectivity index (χ3v) is 5.82. The summed E-state index contributed by atoms with van der Waals surface area (Å²) in [7, 11) is -3.64. The van der Waals surface area contributed by atoms with E-state index in [-0.39, 0.29) is 10.8 Å². The van der Waals surface area contributed by atoms with Gasteiger partial charge in [0.25, 0.3) is 0 Å². The van der Waals surface area contributed by atoms with Gasteiger partial charge in [0.2, 0.25) is 15.9 Å². The summed E-state index contributed by atoms with van der Waals surface area (Å²) in [5.74, 6) is 0.290. The summed E-state index contributed by atoms with van der Waals surface area (Å²) in [6, 6.07) is 5.92. The second-order valence-corrected chi connectivity index (χ2v) is 7.73. The zero-order valence-electron chi connectivity index (χ0n) is 12.0. The molecule has 10 heteroatoms. The summed E-state index contributed by atoms with van der Waals surface area (Å²) in [5.41, 5.74) is 0.656. The fourth-order valence-corrected chi connectivity index (χ4v) is 4.40. The van der Waals surface area contributed by atoms with Crippen LogP contribution in [-0.4, -0.2) is 48.1 Å². The van der Waals surface area contributed by atoms with Crippen molar-refractivity contribution in [3.05, 3.63) is 36.0 Å². The lowest BCUT2D eigenvalue weighted by atomic mass is 10.1. The molecule has 0 aliphatic carbocycles.